The van der Waals surface area contributed by atoms with Crippen molar-refractivity contribution >= 4 is 11.7 Å². The maximum absolute atomic E-state index is 11.4. The molecule has 0 bridgehead atoms. The highest BCUT2D eigenvalue weighted by molar-refractivity contribution is 6.05. The minimum absolute atomic E-state index is 0.0268. The zero-order chi connectivity index (χ0) is 10.8. The van der Waals surface area contributed by atoms with Crippen molar-refractivity contribution in [2.75, 3.05) is 33.2 Å². The summed E-state index contributed by atoms with van der Waals surface area (Å²) in [6.07, 6.45) is 2.43. The molecule has 0 saturated carbocycles. The zero-order valence-corrected chi connectivity index (χ0v) is 9.24. The van der Waals surface area contributed by atoms with Crippen molar-refractivity contribution in [2.24, 2.45) is 5.92 Å². The predicted molar refractivity (Wildman–Crippen MR) is 56.4 cm³/mol. The van der Waals surface area contributed by atoms with E-state index in [1.165, 1.54) is 0 Å². The highest BCUT2D eigenvalue weighted by Gasteiger charge is 2.29. The standard InChI is InChI=1S/C11H18N2O2/c1-12-4-2-9(3-5-12)7-13-8-10(14)6-11(13)15/h9H,2-8H2,1H3. The molecule has 1 amide bonds. The van der Waals surface area contributed by atoms with Gasteiger partial charge in [-0.1, -0.05) is 0 Å². The van der Waals surface area contributed by atoms with Crippen molar-refractivity contribution in [3.63, 3.8) is 0 Å². The van der Waals surface area contributed by atoms with Crippen LogP contribution in [0.1, 0.15) is 19.3 Å². The number of carbonyl (C=O) groups is 2. The SMILES string of the molecule is CN1CCC(CN2CC(=O)CC2=O)CC1. The van der Waals surface area contributed by atoms with Crippen LogP contribution in [0.2, 0.25) is 0 Å². The van der Waals surface area contributed by atoms with Gasteiger partial charge < -0.3 is 9.80 Å². The predicted octanol–water partition coefficient (Wildman–Crippen LogP) is 0.130. The molecule has 84 valence electrons. The number of hydrogen-bond acceptors (Lipinski definition) is 3. The van der Waals surface area contributed by atoms with Crippen LogP contribution in [0, 0.1) is 5.92 Å². The van der Waals surface area contributed by atoms with Crippen molar-refractivity contribution < 1.29 is 9.59 Å². The first-order valence-electron chi connectivity index (χ1n) is 5.63. The Labute approximate surface area is 90.2 Å². The number of rotatable bonds is 2. The Morgan fingerprint density at radius 3 is 2.47 bits per heavy atom. The molecule has 4 nitrogen and oxygen atoms in total. The number of nitrogens with zero attached hydrogens (tertiary/aromatic N) is 2. The first kappa shape index (κ1) is 10.6. The van der Waals surface area contributed by atoms with Crippen LogP contribution in [0.5, 0.6) is 0 Å². The second kappa shape index (κ2) is 4.31. The molecular weight excluding hydrogens is 192 g/mol. The van der Waals surface area contributed by atoms with E-state index in [0.29, 0.717) is 12.5 Å². The van der Waals surface area contributed by atoms with Gasteiger partial charge in [-0.25, -0.2) is 0 Å². The van der Waals surface area contributed by atoms with Gasteiger partial charge in [-0.15, -0.1) is 0 Å². The lowest BCUT2D eigenvalue weighted by atomic mass is 9.97. The van der Waals surface area contributed by atoms with Gasteiger partial charge in [-0.2, -0.15) is 0 Å². The van der Waals surface area contributed by atoms with Crippen LogP contribution in [0.25, 0.3) is 0 Å². The second-order valence-electron chi connectivity index (χ2n) is 4.74. The maximum atomic E-state index is 11.4. The summed E-state index contributed by atoms with van der Waals surface area (Å²) in [6.45, 7) is 3.37. The van der Waals surface area contributed by atoms with Gasteiger partial charge in [0.2, 0.25) is 5.91 Å². The van der Waals surface area contributed by atoms with Gasteiger partial charge in [0.15, 0.2) is 5.78 Å². The lowest BCUT2D eigenvalue weighted by Crippen LogP contribution is -2.37. The Morgan fingerprint density at radius 1 is 1.27 bits per heavy atom. The second-order valence-corrected chi connectivity index (χ2v) is 4.74. The van der Waals surface area contributed by atoms with Gasteiger partial charge in [0.25, 0.3) is 0 Å². The molecule has 15 heavy (non-hydrogen) atoms. The Bertz CT molecular complexity index is 270. The molecular formula is C11H18N2O2. The molecule has 0 N–H and O–H groups in total. The fraction of sp³-hybridized carbons (Fsp3) is 0.818. The van der Waals surface area contributed by atoms with Crippen molar-refractivity contribution in [2.45, 2.75) is 19.3 Å². The third-order valence-electron chi connectivity index (χ3n) is 3.39. The van der Waals surface area contributed by atoms with Crippen LogP contribution in [0.3, 0.4) is 0 Å². The number of likely N-dealkylation sites (tertiary alicyclic amines) is 2. The summed E-state index contributed by atoms with van der Waals surface area (Å²) >= 11 is 0. The average Bonchev–Trinajstić information content (AvgIpc) is 2.49. The Morgan fingerprint density at radius 2 is 1.93 bits per heavy atom. The van der Waals surface area contributed by atoms with Crippen LogP contribution >= 0.6 is 0 Å². The third kappa shape index (κ3) is 2.56. The molecule has 0 aliphatic carbocycles. The molecule has 2 saturated heterocycles. The van der Waals surface area contributed by atoms with E-state index in [4.69, 9.17) is 0 Å². The van der Waals surface area contributed by atoms with Gasteiger partial charge in [-0.05, 0) is 38.9 Å². The summed E-state index contributed by atoms with van der Waals surface area (Å²) in [6, 6.07) is 0. The van der Waals surface area contributed by atoms with Gasteiger partial charge in [0, 0.05) is 6.54 Å². The summed E-state index contributed by atoms with van der Waals surface area (Å²) < 4.78 is 0. The first-order valence-corrected chi connectivity index (χ1v) is 5.63. The summed E-state index contributed by atoms with van der Waals surface area (Å²) in [5, 5.41) is 0. The summed E-state index contributed by atoms with van der Waals surface area (Å²) in [5.41, 5.74) is 0. The lowest BCUT2D eigenvalue weighted by Gasteiger charge is -2.31. The van der Waals surface area contributed by atoms with E-state index in [2.05, 4.69) is 11.9 Å². The van der Waals surface area contributed by atoms with E-state index in [-0.39, 0.29) is 18.1 Å². The molecule has 2 rings (SSSR count). The van der Waals surface area contributed by atoms with Crippen LogP contribution in [-0.4, -0.2) is 54.7 Å². The third-order valence-corrected chi connectivity index (χ3v) is 3.39. The monoisotopic (exact) mass is 210 g/mol. The molecule has 0 atom stereocenters. The molecule has 2 fully saturated rings. The molecule has 0 aromatic rings. The topological polar surface area (TPSA) is 40.6 Å². The fourth-order valence-electron chi connectivity index (χ4n) is 2.36. The Kier molecular flexibility index (Phi) is 3.05. The van der Waals surface area contributed by atoms with Gasteiger partial charge in [0.05, 0.1) is 13.0 Å². The molecule has 0 unspecified atom stereocenters. The highest BCUT2D eigenvalue weighted by Crippen LogP contribution is 2.19. The van der Waals surface area contributed by atoms with Crippen molar-refractivity contribution in [3.05, 3.63) is 0 Å². The minimum atomic E-state index is 0.0268. The molecule has 0 aromatic heterocycles. The van der Waals surface area contributed by atoms with E-state index in [1.807, 2.05) is 0 Å². The highest BCUT2D eigenvalue weighted by atomic mass is 16.2. The number of Topliss-reactive ketones (excluding diaryl/α,β-unsaturated/α-hetero) is 1. The number of amides is 1. The van der Waals surface area contributed by atoms with Gasteiger partial charge in [-0.3, -0.25) is 9.59 Å². The minimum Gasteiger partial charge on any atom is -0.335 e. The van der Waals surface area contributed by atoms with Gasteiger partial charge in [0.1, 0.15) is 0 Å². The average molecular weight is 210 g/mol. The smallest absolute Gasteiger partial charge is 0.230 e. The first-order chi connectivity index (χ1) is 7.15. The van der Waals surface area contributed by atoms with Crippen LogP contribution in [-0.2, 0) is 9.59 Å². The molecule has 4 heteroatoms. The lowest BCUT2D eigenvalue weighted by molar-refractivity contribution is -0.128. The van der Waals surface area contributed by atoms with E-state index in [0.717, 1.165) is 32.5 Å². The molecule has 0 radical (unpaired) electrons. The number of carbonyl (C=O) groups excluding carboxylic acids is 2. The van der Waals surface area contributed by atoms with Crippen LogP contribution in [0.4, 0.5) is 0 Å². The summed E-state index contributed by atoms with van der Waals surface area (Å²) in [7, 11) is 2.13. The van der Waals surface area contributed by atoms with E-state index in [1.54, 1.807) is 4.90 Å². The van der Waals surface area contributed by atoms with E-state index < -0.39 is 0 Å². The van der Waals surface area contributed by atoms with E-state index >= 15 is 0 Å². The van der Waals surface area contributed by atoms with Crippen LogP contribution < -0.4 is 0 Å². The van der Waals surface area contributed by atoms with Crippen LogP contribution in [0.15, 0.2) is 0 Å². The molecule has 2 heterocycles. The zero-order valence-electron chi connectivity index (χ0n) is 9.24. The van der Waals surface area contributed by atoms with Crippen molar-refractivity contribution in [1.29, 1.82) is 0 Å². The molecule has 0 spiro atoms. The number of ketones is 1. The molecule has 0 aromatic carbocycles. The Balaban J connectivity index is 1.82. The normalized spacial score (nSPS) is 25.3. The van der Waals surface area contributed by atoms with Crippen molar-refractivity contribution in [1.82, 2.24) is 9.80 Å². The maximum Gasteiger partial charge on any atom is 0.230 e. The van der Waals surface area contributed by atoms with Gasteiger partial charge >= 0.3 is 0 Å². The van der Waals surface area contributed by atoms with E-state index in [9.17, 15) is 9.59 Å². The van der Waals surface area contributed by atoms with Crippen molar-refractivity contribution in [3.8, 4) is 0 Å². The molecule has 2 aliphatic heterocycles. The number of hydrogen-bond donors (Lipinski definition) is 0. The largest absolute Gasteiger partial charge is 0.335 e. The fourth-order valence-corrected chi connectivity index (χ4v) is 2.36. The molecule has 2 aliphatic rings. The Hall–Kier alpha value is -0.900. The quantitative estimate of drug-likeness (QED) is 0.608. The summed E-state index contributed by atoms with van der Waals surface area (Å²) in [5.74, 6) is 0.697. The summed E-state index contributed by atoms with van der Waals surface area (Å²) in [4.78, 5) is 26.6. The number of piperidine rings is 1.